The summed E-state index contributed by atoms with van der Waals surface area (Å²) in [7, 11) is -3.69. The number of hydrogen-bond donors (Lipinski definition) is 1. The van der Waals surface area contributed by atoms with Crippen molar-refractivity contribution in [3.05, 3.63) is 65.2 Å². The maximum absolute atomic E-state index is 12.3. The van der Waals surface area contributed by atoms with Crippen LogP contribution in [0.15, 0.2) is 48.5 Å². The minimum absolute atomic E-state index is 0.268. The van der Waals surface area contributed by atoms with Crippen molar-refractivity contribution in [1.29, 1.82) is 0 Å². The van der Waals surface area contributed by atoms with Crippen LogP contribution in [0.4, 0.5) is 5.69 Å². The normalized spacial score (nSPS) is 11.3. The van der Waals surface area contributed by atoms with Gasteiger partial charge in [0.05, 0.1) is 17.4 Å². The summed E-state index contributed by atoms with van der Waals surface area (Å²) in [6.07, 6.45) is -0.268. The molecule has 2 aromatic rings. The highest BCUT2D eigenvalue weighted by Crippen LogP contribution is 2.13. The van der Waals surface area contributed by atoms with Crippen LogP contribution in [0, 0.1) is 6.92 Å². The Kier molecular flexibility index (Phi) is 6.74. The smallest absolute Gasteiger partial charge is 0.338 e. The van der Waals surface area contributed by atoms with Gasteiger partial charge in [-0.3, -0.25) is 4.79 Å². The number of sulfone groups is 1. The maximum atomic E-state index is 12.3. The molecule has 0 aliphatic carbocycles. The lowest BCUT2D eigenvalue weighted by Crippen LogP contribution is -2.24. The first-order chi connectivity index (χ1) is 12.6. The number of carbonyl (C=O) groups excluding carboxylic acids is 2. The van der Waals surface area contributed by atoms with Gasteiger partial charge < -0.3 is 10.1 Å². The largest absolute Gasteiger partial charge is 0.459 e. The van der Waals surface area contributed by atoms with Crippen LogP contribution in [0.3, 0.4) is 0 Å². The minimum atomic E-state index is -3.69. The van der Waals surface area contributed by atoms with Gasteiger partial charge in [-0.25, -0.2) is 13.2 Å². The second kappa shape index (κ2) is 8.81. The van der Waals surface area contributed by atoms with Crippen molar-refractivity contribution in [2.45, 2.75) is 32.6 Å². The zero-order valence-electron chi connectivity index (χ0n) is 15.6. The Bertz CT molecular complexity index is 935. The average molecular weight is 389 g/mol. The Labute approximate surface area is 159 Å². The first-order valence-electron chi connectivity index (χ1n) is 8.51. The number of esters is 1. The number of aryl methyl sites for hydroxylation is 1. The molecule has 0 aliphatic rings. The molecule has 0 aliphatic heterocycles. The van der Waals surface area contributed by atoms with Crippen molar-refractivity contribution in [1.82, 2.24) is 0 Å². The lowest BCUT2D eigenvalue weighted by molar-refractivity contribution is -0.113. The second-order valence-electron chi connectivity index (χ2n) is 6.60. The zero-order valence-corrected chi connectivity index (χ0v) is 16.4. The van der Waals surface area contributed by atoms with E-state index < -0.39 is 27.5 Å². The second-order valence-corrected chi connectivity index (χ2v) is 8.67. The number of ether oxygens (including phenoxy) is 1. The van der Waals surface area contributed by atoms with E-state index in [0.29, 0.717) is 11.3 Å². The van der Waals surface area contributed by atoms with Gasteiger partial charge >= 0.3 is 5.97 Å². The standard InChI is InChI=1S/C20H23NO5S/c1-14(2)26-20(23)17-8-5-7-16(11-17)12-27(24,25)13-19(22)21-18-9-4-6-15(3)10-18/h4-11,14H,12-13H2,1-3H3,(H,21,22). The zero-order chi connectivity index (χ0) is 20.0. The summed E-state index contributed by atoms with van der Waals surface area (Å²) in [6, 6.07) is 13.3. The number of rotatable bonds is 7. The molecule has 2 aromatic carbocycles. The first-order valence-corrected chi connectivity index (χ1v) is 10.3. The van der Waals surface area contributed by atoms with E-state index >= 15 is 0 Å². The van der Waals surface area contributed by atoms with Crippen molar-refractivity contribution >= 4 is 27.4 Å². The molecule has 0 spiro atoms. The van der Waals surface area contributed by atoms with Crippen molar-refractivity contribution in [3.63, 3.8) is 0 Å². The molecule has 27 heavy (non-hydrogen) atoms. The fourth-order valence-electron chi connectivity index (χ4n) is 2.49. The molecule has 0 unspecified atom stereocenters. The lowest BCUT2D eigenvalue weighted by atomic mass is 10.1. The fourth-order valence-corrected chi connectivity index (χ4v) is 3.76. The Morgan fingerprint density at radius 2 is 1.78 bits per heavy atom. The predicted molar refractivity (Wildman–Crippen MR) is 104 cm³/mol. The van der Waals surface area contributed by atoms with E-state index in [2.05, 4.69) is 5.32 Å². The molecular weight excluding hydrogens is 366 g/mol. The van der Waals surface area contributed by atoms with Crippen molar-refractivity contribution < 1.29 is 22.7 Å². The SMILES string of the molecule is Cc1cccc(NC(=O)CS(=O)(=O)Cc2cccc(C(=O)OC(C)C)c2)c1. The summed E-state index contributed by atoms with van der Waals surface area (Å²) < 4.78 is 29.8. The minimum Gasteiger partial charge on any atom is -0.459 e. The number of carbonyl (C=O) groups is 2. The summed E-state index contributed by atoms with van der Waals surface area (Å²) in [5, 5.41) is 2.58. The predicted octanol–water partition coefficient (Wildman–Crippen LogP) is 3.11. The number of anilines is 1. The molecule has 0 saturated carbocycles. The number of hydrogen-bond acceptors (Lipinski definition) is 5. The van der Waals surface area contributed by atoms with E-state index in [1.165, 1.54) is 6.07 Å². The van der Waals surface area contributed by atoms with E-state index in [-0.39, 0.29) is 17.4 Å². The summed E-state index contributed by atoms with van der Waals surface area (Å²) in [6.45, 7) is 5.35. The molecule has 0 radical (unpaired) electrons. The average Bonchev–Trinajstić information content (AvgIpc) is 2.53. The van der Waals surface area contributed by atoms with Gasteiger partial charge in [-0.2, -0.15) is 0 Å². The topological polar surface area (TPSA) is 89.5 Å². The molecule has 144 valence electrons. The quantitative estimate of drug-likeness (QED) is 0.735. The summed E-state index contributed by atoms with van der Waals surface area (Å²) in [5.74, 6) is -2.09. The molecule has 0 bridgehead atoms. The van der Waals surface area contributed by atoms with Gasteiger partial charge in [0.25, 0.3) is 0 Å². The van der Waals surface area contributed by atoms with Crippen LogP contribution in [0.1, 0.15) is 35.3 Å². The van der Waals surface area contributed by atoms with E-state index in [1.54, 1.807) is 50.2 Å². The molecule has 1 amide bonds. The van der Waals surface area contributed by atoms with Crippen LogP contribution in [0.25, 0.3) is 0 Å². The lowest BCUT2D eigenvalue weighted by Gasteiger charge is -2.10. The van der Waals surface area contributed by atoms with Gasteiger partial charge in [0, 0.05) is 5.69 Å². The molecule has 2 rings (SSSR count). The Hall–Kier alpha value is -2.67. The molecule has 0 atom stereocenters. The van der Waals surface area contributed by atoms with E-state index in [9.17, 15) is 18.0 Å². The van der Waals surface area contributed by atoms with Gasteiger partial charge in [-0.05, 0) is 56.2 Å². The molecule has 0 fully saturated rings. The highest BCUT2D eigenvalue weighted by molar-refractivity contribution is 7.91. The highest BCUT2D eigenvalue weighted by Gasteiger charge is 2.19. The van der Waals surface area contributed by atoms with Crippen LogP contribution >= 0.6 is 0 Å². The van der Waals surface area contributed by atoms with Gasteiger partial charge in [0.1, 0.15) is 5.75 Å². The van der Waals surface area contributed by atoms with Crippen LogP contribution in [-0.4, -0.2) is 32.2 Å². The number of amides is 1. The first kappa shape index (κ1) is 20.6. The van der Waals surface area contributed by atoms with Crippen molar-refractivity contribution in [2.24, 2.45) is 0 Å². The van der Waals surface area contributed by atoms with Crippen molar-refractivity contribution in [3.8, 4) is 0 Å². The van der Waals surface area contributed by atoms with Crippen LogP contribution in [0.2, 0.25) is 0 Å². The Balaban J connectivity index is 2.03. The maximum Gasteiger partial charge on any atom is 0.338 e. The molecule has 1 N–H and O–H groups in total. The molecular formula is C20H23NO5S. The van der Waals surface area contributed by atoms with Gasteiger partial charge in [0.15, 0.2) is 9.84 Å². The molecule has 0 heterocycles. The third-order valence-corrected chi connectivity index (χ3v) is 5.02. The third kappa shape index (κ3) is 6.86. The summed E-state index contributed by atoms with van der Waals surface area (Å²) >= 11 is 0. The van der Waals surface area contributed by atoms with E-state index in [1.807, 2.05) is 13.0 Å². The van der Waals surface area contributed by atoms with Crippen LogP contribution in [0.5, 0.6) is 0 Å². The molecule has 0 saturated heterocycles. The highest BCUT2D eigenvalue weighted by atomic mass is 32.2. The van der Waals surface area contributed by atoms with Gasteiger partial charge in [-0.15, -0.1) is 0 Å². The molecule has 0 aromatic heterocycles. The summed E-state index contributed by atoms with van der Waals surface area (Å²) in [4.78, 5) is 24.0. The van der Waals surface area contributed by atoms with Crippen LogP contribution in [-0.2, 0) is 25.1 Å². The number of nitrogens with one attached hydrogen (secondary N) is 1. The third-order valence-electron chi connectivity index (χ3n) is 3.54. The monoisotopic (exact) mass is 389 g/mol. The summed E-state index contributed by atoms with van der Waals surface area (Å²) in [5.41, 5.74) is 2.21. The van der Waals surface area contributed by atoms with E-state index in [4.69, 9.17) is 4.74 Å². The van der Waals surface area contributed by atoms with Gasteiger partial charge in [-0.1, -0.05) is 24.3 Å². The van der Waals surface area contributed by atoms with Crippen LogP contribution < -0.4 is 5.32 Å². The number of benzene rings is 2. The Morgan fingerprint density at radius 3 is 2.44 bits per heavy atom. The Morgan fingerprint density at radius 1 is 1.07 bits per heavy atom. The van der Waals surface area contributed by atoms with E-state index in [0.717, 1.165) is 5.56 Å². The van der Waals surface area contributed by atoms with Gasteiger partial charge in [0.2, 0.25) is 5.91 Å². The molecule has 6 nitrogen and oxygen atoms in total. The fraction of sp³-hybridized carbons (Fsp3) is 0.300. The van der Waals surface area contributed by atoms with Crippen molar-refractivity contribution in [2.75, 3.05) is 11.1 Å². The molecule has 7 heteroatoms.